The van der Waals surface area contributed by atoms with Crippen molar-refractivity contribution in [3.63, 3.8) is 0 Å². The lowest BCUT2D eigenvalue weighted by atomic mass is 10.2. The van der Waals surface area contributed by atoms with Crippen LogP contribution in [0, 0.1) is 0 Å². The van der Waals surface area contributed by atoms with Gasteiger partial charge in [0.25, 0.3) is 0 Å². The summed E-state index contributed by atoms with van der Waals surface area (Å²) in [7, 11) is -3.42. The summed E-state index contributed by atoms with van der Waals surface area (Å²) >= 11 is 1.85. The Morgan fingerprint density at radius 1 is 1.55 bits per heavy atom. The van der Waals surface area contributed by atoms with Crippen LogP contribution in [0.25, 0.3) is 0 Å². The van der Waals surface area contributed by atoms with Gasteiger partial charge in [0.05, 0.1) is 4.90 Å². The van der Waals surface area contributed by atoms with E-state index in [0.717, 1.165) is 30.8 Å². The molecule has 1 atom stereocenters. The standard InChI is InChI=1S/C13H23N3O2S2/c1-2-5-16-10-13(7-11(16)8-14)20(17,18)15-9-12-4-3-6-19-12/h7,10,12,15H,2-6,8-9,14H2,1H3. The summed E-state index contributed by atoms with van der Waals surface area (Å²) in [6.07, 6.45) is 4.92. The average molecular weight is 317 g/mol. The van der Waals surface area contributed by atoms with Gasteiger partial charge in [0.2, 0.25) is 10.0 Å². The molecule has 1 unspecified atom stereocenters. The summed E-state index contributed by atoms with van der Waals surface area (Å²) in [5.74, 6) is 1.14. The largest absolute Gasteiger partial charge is 0.349 e. The van der Waals surface area contributed by atoms with Gasteiger partial charge in [0.1, 0.15) is 0 Å². The van der Waals surface area contributed by atoms with Crippen molar-refractivity contribution in [2.45, 2.75) is 49.4 Å². The first-order valence-electron chi connectivity index (χ1n) is 7.07. The molecule has 1 aliphatic rings. The monoisotopic (exact) mass is 317 g/mol. The topological polar surface area (TPSA) is 77.1 Å². The number of hydrogen-bond donors (Lipinski definition) is 2. The lowest BCUT2D eigenvalue weighted by Gasteiger charge is -2.09. The highest BCUT2D eigenvalue weighted by atomic mass is 32.2. The van der Waals surface area contributed by atoms with E-state index in [4.69, 9.17) is 5.73 Å². The van der Waals surface area contributed by atoms with Crippen molar-refractivity contribution in [2.75, 3.05) is 12.3 Å². The lowest BCUT2D eigenvalue weighted by molar-refractivity contribution is 0.578. The zero-order valence-electron chi connectivity index (χ0n) is 11.8. The van der Waals surface area contributed by atoms with Gasteiger partial charge in [-0.1, -0.05) is 6.92 Å². The first-order valence-corrected chi connectivity index (χ1v) is 9.60. The SMILES string of the molecule is CCCn1cc(S(=O)(=O)NCC2CCCS2)cc1CN. The smallest absolute Gasteiger partial charge is 0.242 e. The highest BCUT2D eigenvalue weighted by molar-refractivity contribution is 8.00. The van der Waals surface area contributed by atoms with Crippen LogP contribution in [0.3, 0.4) is 0 Å². The van der Waals surface area contributed by atoms with E-state index in [9.17, 15) is 8.42 Å². The molecule has 20 heavy (non-hydrogen) atoms. The normalized spacial score (nSPS) is 19.6. The van der Waals surface area contributed by atoms with Crippen molar-refractivity contribution in [2.24, 2.45) is 5.73 Å². The average Bonchev–Trinajstić information content (AvgIpc) is 3.06. The molecule has 0 saturated carbocycles. The summed E-state index contributed by atoms with van der Waals surface area (Å²) in [5, 5.41) is 0.413. The van der Waals surface area contributed by atoms with Crippen LogP contribution in [0.2, 0.25) is 0 Å². The first kappa shape index (κ1) is 15.9. The van der Waals surface area contributed by atoms with Gasteiger partial charge in [-0.2, -0.15) is 11.8 Å². The molecule has 0 amide bonds. The zero-order chi connectivity index (χ0) is 14.6. The second kappa shape index (κ2) is 6.98. The van der Waals surface area contributed by atoms with Crippen LogP contribution in [0.1, 0.15) is 31.9 Å². The third-order valence-corrected chi connectivity index (χ3v) is 6.26. The minimum atomic E-state index is -3.42. The lowest BCUT2D eigenvalue weighted by Crippen LogP contribution is -2.29. The Kier molecular flexibility index (Phi) is 5.54. The summed E-state index contributed by atoms with van der Waals surface area (Å²) in [6.45, 7) is 3.72. The second-order valence-electron chi connectivity index (χ2n) is 5.05. The summed E-state index contributed by atoms with van der Waals surface area (Å²) in [4.78, 5) is 0.328. The van der Waals surface area contributed by atoms with E-state index in [-0.39, 0.29) is 0 Å². The maximum Gasteiger partial charge on any atom is 0.242 e. The molecule has 3 N–H and O–H groups in total. The van der Waals surface area contributed by atoms with Gasteiger partial charge in [0, 0.05) is 36.8 Å². The number of nitrogens with zero attached hydrogens (tertiary/aromatic N) is 1. The molecule has 1 saturated heterocycles. The predicted molar refractivity (Wildman–Crippen MR) is 83.3 cm³/mol. The van der Waals surface area contributed by atoms with E-state index in [0.29, 0.717) is 23.2 Å². The molecule has 0 aliphatic carbocycles. The van der Waals surface area contributed by atoms with E-state index in [2.05, 4.69) is 11.6 Å². The molecule has 1 aromatic rings. The van der Waals surface area contributed by atoms with Crippen LogP contribution >= 0.6 is 11.8 Å². The Morgan fingerprint density at radius 3 is 2.95 bits per heavy atom. The maximum atomic E-state index is 12.3. The maximum absolute atomic E-state index is 12.3. The van der Waals surface area contributed by atoms with Gasteiger partial charge in [-0.3, -0.25) is 0 Å². The number of rotatable bonds is 7. The van der Waals surface area contributed by atoms with Crippen LogP contribution in [-0.4, -0.2) is 30.5 Å². The molecule has 0 bridgehead atoms. The van der Waals surface area contributed by atoms with Crippen LogP contribution in [0.15, 0.2) is 17.2 Å². The molecular formula is C13H23N3O2S2. The quantitative estimate of drug-likeness (QED) is 0.799. The number of thioether (sulfide) groups is 1. The van der Waals surface area contributed by atoms with E-state index < -0.39 is 10.0 Å². The number of aryl methyl sites for hydroxylation is 1. The van der Waals surface area contributed by atoms with Gasteiger partial charge in [-0.05, 0) is 31.1 Å². The summed E-state index contributed by atoms with van der Waals surface area (Å²) < 4.78 is 29.3. The molecule has 2 heterocycles. The van der Waals surface area contributed by atoms with Crippen molar-refractivity contribution in [1.82, 2.24) is 9.29 Å². The predicted octanol–water partition coefficient (Wildman–Crippen LogP) is 1.53. The molecule has 1 fully saturated rings. The van der Waals surface area contributed by atoms with E-state index in [1.807, 2.05) is 16.3 Å². The van der Waals surface area contributed by atoms with Crippen LogP contribution < -0.4 is 10.5 Å². The molecule has 114 valence electrons. The Morgan fingerprint density at radius 2 is 2.35 bits per heavy atom. The number of nitrogens with one attached hydrogen (secondary N) is 1. The first-order chi connectivity index (χ1) is 9.56. The van der Waals surface area contributed by atoms with Crippen molar-refractivity contribution >= 4 is 21.8 Å². The molecule has 0 aromatic carbocycles. The summed E-state index contributed by atoms with van der Waals surface area (Å²) in [6, 6.07) is 1.68. The Hall–Kier alpha value is -0.500. The van der Waals surface area contributed by atoms with Crippen molar-refractivity contribution < 1.29 is 8.42 Å². The van der Waals surface area contributed by atoms with Gasteiger partial charge >= 0.3 is 0 Å². The van der Waals surface area contributed by atoms with Crippen LogP contribution in [-0.2, 0) is 23.1 Å². The molecule has 7 heteroatoms. The van der Waals surface area contributed by atoms with Crippen LogP contribution in [0.4, 0.5) is 0 Å². The molecule has 0 radical (unpaired) electrons. The van der Waals surface area contributed by atoms with Crippen molar-refractivity contribution in [3.8, 4) is 0 Å². The highest BCUT2D eigenvalue weighted by Crippen LogP contribution is 2.25. The molecule has 1 aromatic heterocycles. The third kappa shape index (κ3) is 3.78. The Balaban J connectivity index is 2.07. The summed E-state index contributed by atoms with van der Waals surface area (Å²) in [5.41, 5.74) is 6.54. The fourth-order valence-corrected chi connectivity index (χ4v) is 4.84. The van der Waals surface area contributed by atoms with Crippen molar-refractivity contribution in [1.29, 1.82) is 0 Å². The number of aromatic nitrogens is 1. The minimum absolute atomic E-state index is 0.328. The highest BCUT2D eigenvalue weighted by Gasteiger charge is 2.21. The number of sulfonamides is 1. The molecule has 5 nitrogen and oxygen atoms in total. The number of hydrogen-bond acceptors (Lipinski definition) is 4. The van der Waals surface area contributed by atoms with Crippen molar-refractivity contribution in [3.05, 3.63) is 18.0 Å². The molecular weight excluding hydrogens is 294 g/mol. The fourth-order valence-electron chi connectivity index (χ4n) is 2.38. The fraction of sp³-hybridized carbons (Fsp3) is 0.692. The Labute approximate surface area is 125 Å². The van der Waals surface area contributed by atoms with Gasteiger partial charge < -0.3 is 10.3 Å². The zero-order valence-corrected chi connectivity index (χ0v) is 13.5. The van der Waals surface area contributed by atoms with Gasteiger partial charge in [0.15, 0.2) is 0 Å². The molecule has 0 spiro atoms. The number of nitrogens with two attached hydrogens (primary N) is 1. The van der Waals surface area contributed by atoms with Gasteiger partial charge in [-0.25, -0.2) is 13.1 Å². The van der Waals surface area contributed by atoms with E-state index in [1.54, 1.807) is 12.3 Å². The van der Waals surface area contributed by atoms with E-state index in [1.165, 1.54) is 6.42 Å². The Bertz CT molecular complexity index is 534. The van der Waals surface area contributed by atoms with Gasteiger partial charge in [-0.15, -0.1) is 0 Å². The minimum Gasteiger partial charge on any atom is -0.349 e. The van der Waals surface area contributed by atoms with E-state index >= 15 is 0 Å². The molecule has 2 rings (SSSR count). The third-order valence-electron chi connectivity index (χ3n) is 3.47. The van der Waals surface area contributed by atoms with Crippen LogP contribution in [0.5, 0.6) is 0 Å². The molecule has 1 aliphatic heterocycles. The second-order valence-corrected chi connectivity index (χ2v) is 8.23.